The predicted octanol–water partition coefficient (Wildman–Crippen LogP) is 2.11. The van der Waals surface area contributed by atoms with E-state index in [4.69, 9.17) is 11.6 Å². The largest absolute Gasteiger partial charge is 0.351 e. The molecule has 0 aliphatic carbocycles. The van der Waals surface area contributed by atoms with E-state index in [0.29, 0.717) is 18.0 Å². The fourth-order valence-electron chi connectivity index (χ4n) is 1.40. The number of nitrogens with one attached hydrogen (secondary N) is 2. The van der Waals surface area contributed by atoms with E-state index in [1.54, 1.807) is 0 Å². The van der Waals surface area contributed by atoms with Gasteiger partial charge in [0.1, 0.15) is 0 Å². The second-order valence-corrected chi connectivity index (χ2v) is 4.26. The monoisotopic (exact) mass is 266 g/mol. The zero-order chi connectivity index (χ0) is 13.2. The molecule has 1 amide bonds. The second kappa shape index (κ2) is 8.72. The van der Waals surface area contributed by atoms with E-state index in [0.717, 1.165) is 18.7 Å². The van der Waals surface area contributed by atoms with E-state index in [2.05, 4.69) is 10.6 Å². The molecule has 3 nitrogen and oxygen atoms in total. The van der Waals surface area contributed by atoms with Gasteiger partial charge in [-0.25, -0.2) is 0 Å². The number of aryl methyl sites for hydroxylation is 1. The molecule has 98 valence electrons. The maximum Gasteiger partial charge on any atom is 0.251 e. The average molecular weight is 267 g/mol. The van der Waals surface area contributed by atoms with Gasteiger partial charge >= 0.3 is 0 Å². The van der Waals surface area contributed by atoms with Crippen molar-refractivity contribution in [1.82, 2.24) is 10.6 Å². The molecule has 0 aliphatic rings. The maximum absolute atomic E-state index is 11.7. The summed E-state index contributed by atoms with van der Waals surface area (Å²) in [5.74, 6) is 0.499. The van der Waals surface area contributed by atoms with Crippen molar-refractivity contribution in [2.24, 2.45) is 0 Å². The van der Waals surface area contributed by atoms with Crippen LogP contribution >= 0.6 is 11.6 Å². The van der Waals surface area contributed by atoms with Gasteiger partial charge in [0.05, 0.1) is 0 Å². The van der Waals surface area contributed by atoms with Gasteiger partial charge in [-0.1, -0.05) is 29.8 Å². The Labute approximate surface area is 113 Å². The first-order chi connectivity index (χ1) is 8.74. The third-order valence-electron chi connectivity index (χ3n) is 2.42. The first-order valence-corrected chi connectivity index (χ1v) is 6.54. The Kier molecular flexibility index (Phi) is 7.14. The second-order valence-electron chi connectivity index (χ2n) is 3.95. The van der Waals surface area contributed by atoms with Crippen LogP contribution < -0.4 is 10.6 Å². The Bertz CT molecular complexity index is 387. The molecule has 4 heteroatoms. The molecule has 0 saturated heterocycles. The first kappa shape index (κ1) is 14.7. The van der Waals surface area contributed by atoms with Crippen molar-refractivity contribution < 1.29 is 4.79 Å². The first-order valence-electron chi connectivity index (χ1n) is 6.00. The SMILES string of the molecule is Cc1ccc(C(=O)NCCNC/C=C/CCl)cc1. The Morgan fingerprint density at radius 3 is 2.61 bits per heavy atom. The summed E-state index contributed by atoms with van der Waals surface area (Å²) in [6, 6.07) is 7.54. The van der Waals surface area contributed by atoms with Gasteiger partial charge in [0.25, 0.3) is 5.91 Å². The van der Waals surface area contributed by atoms with E-state index in [-0.39, 0.29) is 5.91 Å². The van der Waals surface area contributed by atoms with Crippen molar-refractivity contribution >= 4 is 17.5 Å². The van der Waals surface area contributed by atoms with Crippen LogP contribution in [0.3, 0.4) is 0 Å². The molecule has 2 N–H and O–H groups in total. The van der Waals surface area contributed by atoms with Crippen LogP contribution in [0.2, 0.25) is 0 Å². The number of rotatable bonds is 7. The van der Waals surface area contributed by atoms with E-state index < -0.39 is 0 Å². The number of hydrogen-bond acceptors (Lipinski definition) is 2. The van der Waals surface area contributed by atoms with Crippen molar-refractivity contribution in [1.29, 1.82) is 0 Å². The highest BCUT2D eigenvalue weighted by molar-refractivity contribution is 6.18. The Hall–Kier alpha value is -1.32. The van der Waals surface area contributed by atoms with E-state index in [1.807, 2.05) is 43.3 Å². The molecule has 0 unspecified atom stereocenters. The van der Waals surface area contributed by atoms with Crippen molar-refractivity contribution in [3.63, 3.8) is 0 Å². The molecule has 18 heavy (non-hydrogen) atoms. The minimum Gasteiger partial charge on any atom is -0.351 e. The van der Waals surface area contributed by atoms with Crippen LogP contribution in [-0.4, -0.2) is 31.4 Å². The van der Waals surface area contributed by atoms with E-state index in [9.17, 15) is 4.79 Å². The van der Waals surface area contributed by atoms with Crippen LogP contribution in [0.4, 0.5) is 0 Å². The summed E-state index contributed by atoms with van der Waals surface area (Å²) in [4.78, 5) is 11.7. The molecular weight excluding hydrogens is 248 g/mol. The van der Waals surface area contributed by atoms with Crippen molar-refractivity contribution in [2.45, 2.75) is 6.92 Å². The molecule has 0 spiro atoms. The van der Waals surface area contributed by atoms with Gasteiger partial charge in [-0.3, -0.25) is 4.79 Å². The minimum atomic E-state index is -0.0342. The molecule has 0 aromatic heterocycles. The normalized spacial score (nSPS) is 10.8. The zero-order valence-corrected chi connectivity index (χ0v) is 11.3. The molecular formula is C14H19ClN2O. The number of carbonyl (C=O) groups excluding carboxylic acids is 1. The average Bonchev–Trinajstić information content (AvgIpc) is 2.38. The molecule has 1 rings (SSSR count). The summed E-state index contributed by atoms with van der Waals surface area (Å²) in [5.41, 5.74) is 1.85. The highest BCUT2D eigenvalue weighted by Gasteiger charge is 2.02. The molecule has 0 radical (unpaired) electrons. The molecule has 0 atom stereocenters. The summed E-state index contributed by atoms with van der Waals surface area (Å²) < 4.78 is 0. The van der Waals surface area contributed by atoms with Crippen molar-refractivity contribution in [2.75, 3.05) is 25.5 Å². The van der Waals surface area contributed by atoms with Gasteiger partial charge in [-0.05, 0) is 19.1 Å². The third-order valence-corrected chi connectivity index (χ3v) is 2.60. The maximum atomic E-state index is 11.7. The fraction of sp³-hybridized carbons (Fsp3) is 0.357. The number of hydrogen-bond donors (Lipinski definition) is 2. The summed E-state index contributed by atoms with van der Waals surface area (Å²) in [6.45, 7) is 4.12. The quantitative estimate of drug-likeness (QED) is 0.451. The highest BCUT2D eigenvalue weighted by Crippen LogP contribution is 2.02. The number of alkyl halides is 1. The Morgan fingerprint density at radius 2 is 1.94 bits per heavy atom. The Balaban J connectivity index is 2.17. The van der Waals surface area contributed by atoms with Gasteiger partial charge < -0.3 is 10.6 Å². The number of carbonyl (C=O) groups is 1. The summed E-state index contributed by atoms with van der Waals surface area (Å²) in [6.07, 6.45) is 3.86. The number of halogens is 1. The lowest BCUT2D eigenvalue weighted by Crippen LogP contribution is -2.31. The fourth-order valence-corrected chi connectivity index (χ4v) is 1.53. The van der Waals surface area contributed by atoms with Crippen molar-refractivity contribution in [3.8, 4) is 0 Å². The van der Waals surface area contributed by atoms with Gasteiger partial charge in [-0.15, -0.1) is 11.6 Å². The van der Waals surface area contributed by atoms with Crippen LogP contribution in [0.25, 0.3) is 0 Å². The Morgan fingerprint density at radius 1 is 1.22 bits per heavy atom. The smallest absolute Gasteiger partial charge is 0.251 e. The molecule has 0 saturated carbocycles. The zero-order valence-electron chi connectivity index (χ0n) is 10.6. The van der Waals surface area contributed by atoms with Gasteiger partial charge in [0, 0.05) is 31.1 Å². The van der Waals surface area contributed by atoms with Crippen LogP contribution in [0, 0.1) is 6.92 Å². The van der Waals surface area contributed by atoms with Crippen LogP contribution in [0.1, 0.15) is 15.9 Å². The molecule has 0 fully saturated rings. The lowest BCUT2D eigenvalue weighted by molar-refractivity contribution is 0.0954. The van der Waals surface area contributed by atoms with Crippen molar-refractivity contribution in [3.05, 3.63) is 47.5 Å². The third kappa shape index (κ3) is 5.84. The predicted molar refractivity (Wildman–Crippen MR) is 76.2 cm³/mol. The molecule has 1 aromatic rings. The van der Waals surface area contributed by atoms with Crippen LogP contribution in [0.5, 0.6) is 0 Å². The lowest BCUT2D eigenvalue weighted by Gasteiger charge is -2.05. The van der Waals surface area contributed by atoms with Crippen LogP contribution in [-0.2, 0) is 0 Å². The van der Waals surface area contributed by atoms with Crippen LogP contribution in [0.15, 0.2) is 36.4 Å². The molecule has 1 aromatic carbocycles. The van der Waals surface area contributed by atoms with E-state index in [1.165, 1.54) is 0 Å². The standard InChI is InChI=1S/C14H19ClN2O/c1-12-4-6-13(7-5-12)14(18)17-11-10-16-9-3-2-8-15/h2-7,16H,8-11H2,1H3,(H,17,18)/b3-2+. The topological polar surface area (TPSA) is 41.1 Å². The minimum absolute atomic E-state index is 0.0342. The summed E-state index contributed by atoms with van der Waals surface area (Å²) in [5, 5.41) is 6.03. The summed E-state index contributed by atoms with van der Waals surface area (Å²) in [7, 11) is 0. The van der Waals surface area contributed by atoms with Gasteiger partial charge in [0.2, 0.25) is 0 Å². The molecule has 0 heterocycles. The number of allylic oxidation sites excluding steroid dienone is 1. The number of benzene rings is 1. The highest BCUT2D eigenvalue weighted by atomic mass is 35.5. The number of amides is 1. The van der Waals surface area contributed by atoms with E-state index >= 15 is 0 Å². The van der Waals surface area contributed by atoms with Gasteiger partial charge in [0.15, 0.2) is 0 Å². The molecule has 0 aliphatic heterocycles. The molecule has 0 bridgehead atoms. The summed E-state index contributed by atoms with van der Waals surface area (Å²) >= 11 is 5.49. The van der Waals surface area contributed by atoms with Gasteiger partial charge in [-0.2, -0.15) is 0 Å². The lowest BCUT2D eigenvalue weighted by atomic mass is 10.1.